The van der Waals surface area contributed by atoms with Crippen LogP contribution in [-0.4, -0.2) is 20.8 Å². The van der Waals surface area contributed by atoms with E-state index in [0.29, 0.717) is 11.1 Å². The molecule has 2 aromatic carbocycles. The summed E-state index contributed by atoms with van der Waals surface area (Å²) < 4.78 is 48.0. The maximum Gasteiger partial charge on any atom is 0.404 e. The van der Waals surface area contributed by atoms with E-state index in [-0.39, 0.29) is 29.3 Å². The lowest BCUT2D eigenvalue weighted by Crippen LogP contribution is -2.25. The Morgan fingerprint density at radius 1 is 1.19 bits per heavy atom. The van der Waals surface area contributed by atoms with Crippen LogP contribution in [0.25, 0.3) is 5.69 Å². The zero-order valence-electron chi connectivity index (χ0n) is 16.0. The van der Waals surface area contributed by atoms with Crippen LogP contribution in [0.15, 0.2) is 45.7 Å². The molecule has 1 aromatic heterocycles. The first-order valence-corrected chi connectivity index (χ1v) is 9.58. The molecular formula is C20H15BrF3N3O4. The maximum absolute atomic E-state index is 14.2. The second kappa shape index (κ2) is 9.21. The Kier molecular flexibility index (Phi) is 6.64. The number of carboxylic acid groups (broad SMARTS) is 1. The number of aryl methyl sites for hydroxylation is 1. The van der Waals surface area contributed by atoms with Crippen molar-refractivity contribution < 1.29 is 27.8 Å². The topological polar surface area (TPSA) is 93.5 Å². The van der Waals surface area contributed by atoms with Crippen LogP contribution in [0.3, 0.4) is 0 Å². The number of amides is 1. The van der Waals surface area contributed by atoms with Gasteiger partial charge in [0.2, 0.25) is 5.88 Å². The monoisotopic (exact) mass is 497 g/mol. The molecule has 0 aliphatic heterocycles. The highest BCUT2D eigenvalue weighted by Crippen LogP contribution is 2.24. The molecular weight excluding hydrogens is 483 g/mol. The van der Waals surface area contributed by atoms with Gasteiger partial charge in [0, 0.05) is 6.54 Å². The molecule has 162 valence electrons. The van der Waals surface area contributed by atoms with Gasteiger partial charge in [0.25, 0.3) is 5.56 Å². The third kappa shape index (κ3) is 4.88. The fourth-order valence-electron chi connectivity index (χ4n) is 2.86. The average molecular weight is 498 g/mol. The van der Waals surface area contributed by atoms with Gasteiger partial charge in [0.05, 0.1) is 0 Å². The van der Waals surface area contributed by atoms with Crippen molar-refractivity contribution in [3.63, 3.8) is 0 Å². The Labute approximate surface area is 182 Å². The zero-order valence-corrected chi connectivity index (χ0v) is 17.5. The van der Waals surface area contributed by atoms with Crippen LogP contribution >= 0.6 is 15.9 Å². The summed E-state index contributed by atoms with van der Waals surface area (Å²) in [4.78, 5) is 27.6. The van der Waals surface area contributed by atoms with Crippen molar-refractivity contribution in [2.75, 3.05) is 0 Å². The summed E-state index contributed by atoms with van der Waals surface area (Å²) in [5.74, 6) is -2.60. The summed E-state index contributed by atoms with van der Waals surface area (Å²) >= 11 is 3.05. The second-order valence-corrected chi connectivity index (χ2v) is 7.14. The van der Waals surface area contributed by atoms with Crippen molar-refractivity contribution in [2.45, 2.75) is 20.1 Å². The van der Waals surface area contributed by atoms with Gasteiger partial charge in [-0.2, -0.15) is 4.98 Å². The first-order chi connectivity index (χ1) is 14.7. The Bertz CT molecular complexity index is 1200. The molecule has 0 saturated heterocycles. The fraction of sp³-hybridized carbons (Fsp3) is 0.150. The van der Waals surface area contributed by atoms with Crippen LogP contribution in [0, 0.1) is 24.4 Å². The van der Waals surface area contributed by atoms with Crippen LogP contribution in [-0.2, 0) is 13.2 Å². The fourth-order valence-corrected chi connectivity index (χ4v) is 3.24. The normalized spacial score (nSPS) is 10.7. The van der Waals surface area contributed by atoms with E-state index >= 15 is 0 Å². The number of para-hydroxylation sites is 1. The molecule has 1 amide bonds. The minimum absolute atomic E-state index is 0.0286. The maximum atomic E-state index is 14.2. The minimum Gasteiger partial charge on any atom is -0.472 e. The molecule has 1 heterocycles. The van der Waals surface area contributed by atoms with E-state index in [1.165, 1.54) is 25.1 Å². The first-order valence-electron chi connectivity index (χ1n) is 8.79. The highest BCUT2D eigenvalue weighted by atomic mass is 79.9. The summed E-state index contributed by atoms with van der Waals surface area (Å²) in [6.45, 7) is 1.06. The molecule has 31 heavy (non-hydrogen) atoms. The summed E-state index contributed by atoms with van der Waals surface area (Å²) in [6, 6.07) is 6.95. The van der Waals surface area contributed by atoms with Crippen LogP contribution in [0.1, 0.15) is 17.0 Å². The second-order valence-electron chi connectivity index (χ2n) is 6.35. The summed E-state index contributed by atoms with van der Waals surface area (Å²) in [5.41, 5.74) is -0.577. The lowest BCUT2D eigenvalue weighted by molar-refractivity contribution is 0.193. The van der Waals surface area contributed by atoms with Crippen LogP contribution in [0.2, 0.25) is 0 Å². The van der Waals surface area contributed by atoms with Crippen molar-refractivity contribution in [1.29, 1.82) is 0 Å². The van der Waals surface area contributed by atoms with Crippen molar-refractivity contribution in [2.24, 2.45) is 0 Å². The summed E-state index contributed by atoms with van der Waals surface area (Å²) in [5, 5.41) is 10.9. The summed E-state index contributed by atoms with van der Waals surface area (Å²) in [6.07, 6.45) is -1.28. The number of benzene rings is 2. The van der Waals surface area contributed by atoms with Crippen molar-refractivity contribution in [3.05, 3.63) is 85.6 Å². The molecule has 0 aliphatic rings. The molecule has 0 radical (unpaired) electrons. The number of carbonyl (C=O) groups is 1. The number of aromatic nitrogens is 2. The molecule has 0 atom stereocenters. The lowest BCUT2D eigenvalue weighted by atomic mass is 10.1. The highest BCUT2D eigenvalue weighted by Gasteiger charge is 2.20. The van der Waals surface area contributed by atoms with E-state index in [9.17, 15) is 22.8 Å². The van der Waals surface area contributed by atoms with Gasteiger partial charge >= 0.3 is 6.09 Å². The number of ether oxygens (including phenoxy) is 1. The van der Waals surface area contributed by atoms with Crippen molar-refractivity contribution in [1.82, 2.24) is 14.9 Å². The molecule has 0 spiro atoms. The zero-order chi connectivity index (χ0) is 22.7. The smallest absolute Gasteiger partial charge is 0.404 e. The molecule has 3 aromatic rings. The molecule has 0 aliphatic carbocycles. The number of hydrogen-bond acceptors (Lipinski definition) is 4. The molecule has 0 unspecified atom stereocenters. The quantitative estimate of drug-likeness (QED) is 0.535. The van der Waals surface area contributed by atoms with Crippen molar-refractivity contribution in [3.8, 4) is 11.6 Å². The van der Waals surface area contributed by atoms with Crippen LogP contribution in [0.5, 0.6) is 5.88 Å². The van der Waals surface area contributed by atoms with Gasteiger partial charge in [-0.15, -0.1) is 0 Å². The van der Waals surface area contributed by atoms with Gasteiger partial charge in [0.1, 0.15) is 40.0 Å². The molecule has 0 bridgehead atoms. The van der Waals surface area contributed by atoms with Gasteiger partial charge < -0.3 is 15.2 Å². The third-order valence-corrected chi connectivity index (χ3v) is 4.97. The van der Waals surface area contributed by atoms with E-state index in [2.05, 4.69) is 26.2 Å². The van der Waals surface area contributed by atoms with Gasteiger partial charge in [-0.3, -0.25) is 9.36 Å². The minimum atomic E-state index is -1.28. The van der Waals surface area contributed by atoms with E-state index in [1.807, 2.05) is 0 Å². The van der Waals surface area contributed by atoms with E-state index in [4.69, 9.17) is 9.84 Å². The van der Waals surface area contributed by atoms with Gasteiger partial charge in [0.15, 0.2) is 0 Å². The van der Waals surface area contributed by atoms with Crippen LogP contribution in [0.4, 0.5) is 18.0 Å². The molecule has 0 fully saturated rings. The molecule has 11 heteroatoms. The lowest BCUT2D eigenvalue weighted by Gasteiger charge is -2.15. The third-order valence-electron chi connectivity index (χ3n) is 4.29. The Hall–Kier alpha value is -3.34. The Balaban J connectivity index is 1.93. The van der Waals surface area contributed by atoms with E-state index in [1.54, 1.807) is 0 Å². The van der Waals surface area contributed by atoms with Gasteiger partial charge in [-0.25, -0.2) is 18.0 Å². The molecule has 3 rings (SSSR count). The number of nitrogens with one attached hydrogen (secondary N) is 1. The number of hydrogen-bond donors (Lipinski definition) is 2. The van der Waals surface area contributed by atoms with Gasteiger partial charge in [-0.1, -0.05) is 12.1 Å². The van der Waals surface area contributed by atoms with E-state index < -0.39 is 34.8 Å². The molecule has 2 N–H and O–H groups in total. The number of halogens is 4. The van der Waals surface area contributed by atoms with E-state index in [0.717, 1.165) is 22.8 Å². The SMILES string of the molecule is Cc1nc(OCc2ccc(F)cc2CNC(=O)O)c(Br)c(=O)n1-c1c(F)cccc1F. The van der Waals surface area contributed by atoms with Crippen LogP contribution < -0.4 is 15.6 Å². The first kappa shape index (κ1) is 22.3. The molecule has 0 saturated carbocycles. The summed E-state index contributed by atoms with van der Waals surface area (Å²) in [7, 11) is 0. The van der Waals surface area contributed by atoms with Gasteiger partial charge in [-0.05, 0) is 58.2 Å². The Morgan fingerprint density at radius 3 is 2.52 bits per heavy atom. The molecule has 7 nitrogen and oxygen atoms in total. The standard InChI is InChI=1S/C20H15BrF3N3O4/c1-10-26-18(16(21)19(28)27(10)17-14(23)3-2-4-15(17)24)31-9-11-5-6-13(22)7-12(11)8-25-20(29)30/h2-7,25H,8-9H2,1H3,(H,29,30). The Morgan fingerprint density at radius 2 is 1.87 bits per heavy atom. The number of rotatable bonds is 6. The van der Waals surface area contributed by atoms with Crippen molar-refractivity contribution >= 4 is 22.0 Å². The number of nitrogens with zero attached hydrogens (tertiary/aromatic N) is 2. The predicted molar refractivity (Wildman–Crippen MR) is 108 cm³/mol. The largest absolute Gasteiger partial charge is 0.472 e. The average Bonchev–Trinajstić information content (AvgIpc) is 2.71. The highest BCUT2D eigenvalue weighted by molar-refractivity contribution is 9.10. The predicted octanol–water partition coefficient (Wildman–Crippen LogP) is 4.07.